The lowest BCUT2D eigenvalue weighted by molar-refractivity contribution is -0.134. The average molecular weight is 240 g/mol. The second-order valence-electron chi connectivity index (χ2n) is 4.98. The number of hydrogen-bond acceptors (Lipinski definition) is 2. The first-order valence-corrected chi connectivity index (χ1v) is 6.60. The number of hydrogen-bond donors (Lipinski definition) is 1. The van der Waals surface area contributed by atoms with Crippen molar-refractivity contribution in [2.24, 2.45) is 5.92 Å². The minimum absolute atomic E-state index is 0.0879. The summed E-state index contributed by atoms with van der Waals surface area (Å²) in [5.74, 6) is 0.363. The molecule has 0 aromatic heterocycles. The van der Waals surface area contributed by atoms with Gasteiger partial charge in [-0.05, 0) is 26.2 Å². The molecular weight excluding hydrogens is 216 g/mol. The van der Waals surface area contributed by atoms with E-state index in [0.717, 1.165) is 38.8 Å². The fraction of sp³-hybridized carbons (Fsp3) is 0.846. The van der Waals surface area contributed by atoms with E-state index in [2.05, 4.69) is 12.2 Å². The van der Waals surface area contributed by atoms with Crippen molar-refractivity contribution in [1.29, 1.82) is 0 Å². The quantitative estimate of drug-likeness (QED) is 0.810. The van der Waals surface area contributed by atoms with Crippen molar-refractivity contribution in [3.63, 3.8) is 0 Å². The Labute approximate surface area is 104 Å². The molecule has 0 aliphatic carbocycles. The van der Waals surface area contributed by atoms with Crippen molar-refractivity contribution >= 4 is 11.8 Å². The molecule has 17 heavy (non-hydrogen) atoms. The van der Waals surface area contributed by atoms with E-state index in [1.54, 1.807) is 6.92 Å². The summed E-state index contributed by atoms with van der Waals surface area (Å²) in [6, 6.07) is 0.262. The van der Waals surface area contributed by atoms with E-state index in [1.807, 2.05) is 11.8 Å². The fourth-order valence-corrected chi connectivity index (χ4v) is 2.32. The van der Waals surface area contributed by atoms with Gasteiger partial charge in [0.1, 0.15) is 0 Å². The zero-order valence-electron chi connectivity index (χ0n) is 11.2. The molecule has 1 saturated heterocycles. The molecule has 0 spiro atoms. The van der Waals surface area contributed by atoms with Gasteiger partial charge in [0.25, 0.3) is 0 Å². The molecule has 4 nitrogen and oxygen atoms in total. The highest BCUT2D eigenvalue weighted by Crippen LogP contribution is 2.17. The first kappa shape index (κ1) is 14.0. The van der Waals surface area contributed by atoms with E-state index in [9.17, 15) is 9.59 Å². The first-order chi connectivity index (χ1) is 8.04. The molecule has 0 bridgehead atoms. The maximum Gasteiger partial charge on any atom is 0.223 e. The SMILES string of the molecule is CCC[C@H](C)NC(=O)C1CCN(C(C)=O)CC1. The summed E-state index contributed by atoms with van der Waals surface area (Å²) < 4.78 is 0. The molecule has 2 amide bonds. The van der Waals surface area contributed by atoms with Crippen LogP contribution >= 0.6 is 0 Å². The van der Waals surface area contributed by atoms with Crippen LogP contribution in [0.3, 0.4) is 0 Å². The van der Waals surface area contributed by atoms with Crippen LogP contribution in [0.5, 0.6) is 0 Å². The van der Waals surface area contributed by atoms with Gasteiger partial charge >= 0.3 is 0 Å². The maximum atomic E-state index is 11.9. The highest BCUT2D eigenvalue weighted by molar-refractivity contribution is 5.79. The molecule has 0 aromatic rings. The van der Waals surface area contributed by atoms with Gasteiger partial charge in [0, 0.05) is 32.0 Å². The lowest BCUT2D eigenvalue weighted by Gasteiger charge is -2.31. The van der Waals surface area contributed by atoms with E-state index in [1.165, 1.54) is 0 Å². The van der Waals surface area contributed by atoms with Gasteiger partial charge in [-0.3, -0.25) is 9.59 Å². The van der Waals surface area contributed by atoms with Crippen molar-refractivity contribution in [2.75, 3.05) is 13.1 Å². The van der Waals surface area contributed by atoms with Crippen molar-refractivity contribution in [2.45, 2.75) is 52.5 Å². The Morgan fingerprint density at radius 1 is 1.35 bits per heavy atom. The number of nitrogens with one attached hydrogen (secondary N) is 1. The van der Waals surface area contributed by atoms with Crippen LogP contribution in [0.1, 0.15) is 46.5 Å². The summed E-state index contributed by atoms with van der Waals surface area (Å²) in [5.41, 5.74) is 0. The predicted molar refractivity (Wildman–Crippen MR) is 67.5 cm³/mol. The van der Waals surface area contributed by atoms with Crippen molar-refractivity contribution in [3.8, 4) is 0 Å². The minimum atomic E-state index is 0.0879. The molecule has 0 saturated carbocycles. The molecule has 1 aliphatic heterocycles. The molecule has 1 atom stereocenters. The van der Waals surface area contributed by atoms with Crippen LogP contribution in [0.25, 0.3) is 0 Å². The summed E-state index contributed by atoms with van der Waals surface area (Å²) in [4.78, 5) is 24.9. The number of likely N-dealkylation sites (tertiary alicyclic amines) is 1. The van der Waals surface area contributed by atoms with Gasteiger partial charge in [0.2, 0.25) is 11.8 Å². The van der Waals surface area contributed by atoms with Gasteiger partial charge in [-0.2, -0.15) is 0 Å². The Morgan fingerprint density at radius 2 is 1.94 bits per heavy atom. The number of amides is 2. The van der Waals surface area contributed by atoms with Crippen LogP contribution in [-0.4, -0.2) is 35.8 Å². The fourth-order valence-electron chi connectivity index (χ4n) is 2.32. The Kier molecular flexibility index (Phi) is 5.45. The topological polar surface area (TPSA) is 49.4 Å². The molecule has 1 aliphatic rings. The highest BCUT2D eigenvalue weighted by Gasteiger charge is 2.26. The highest BCUT2D eigenvalue weighted by atomic mass is 16.2. The lowest BCUT2D eigenvalue weighted by Crippen LogP contribution is -2.44. The van der Waals surface area contributed by atoms with E-state index in [0.29, 0.717) is 0 Å². The van der Waals surface area contributed by atoms with Crippen LogP contribution in [0, 0.1) is 5.92 Å². The van der Waals surface area contributed by atoms with Gasteiger partial charge in [0.05, 0.1) is 0 Å². The molecule has 1 N–H and O–H groups in total. The maximum absolute atomic E-state index is 11.9. The number of carbonyl (C=O) groups is 2. The number of nitrogens with zero attached hydrogens (tertiary/aromatic N) is 1. The smallest absolute Gasteiger partial charge is 0.223 e. The van der Waals surface area contributed by atoms with Gasteiger partial charge < -0.3 is 10.2 Å². The summed E-state index contributed by atoms with van der Waals surface area (Å²) >= 11 is 0. The Morgan fingerprint density at radius 3 is 2.41 bits per heavy atom. The van der Waals surface area contributed by atoms with Gasteiger partial charge in [-0.1, -0.05) is 13.3 Å². The predicted octanol–water partition coefficient (Wildman–Crippen LogP) is 1.55. The molecule has 4 heteroatoms. The molecule has 1 rings (SSSR count). The Balaban J connectivity index is 2.33. The normalized spacial score (nSPS) is 18.9. The minimum Gasteiger partial charge on any atom is -0.353 e. The molecule has 0 radical (unpaired) electrons. The van der Waals surface area contributed by atoms with Crippen molar-refractivity contribution in [3.05, 3.63) is 0 Å². The molecule has 1 fully saturated rings. The average Bonchev–Trinajstić information content (AvgIpc) is 2.29. The number of rotatable bonds is 4. The van der Waals surface area contributed by atoms with Crippen LogP contribution in [0.2, 0.25) is 0 Å². The summed E-state index contributed by atoms with van der Waals surface area (Å²) in [7, 11) is 0. The van der Waals surface area contributed by atoms with Crippen LogP contribution < -0.4 is 5.32 Å². The first-order valence-electron chi connectivity index (χ1n) is 6.60. The van der Waals surface area contributed by atoms with Gasteiger partial charge in [-0.15, -0.1) is 0 Å². The molecular formula is C13H24N2O2. The third-order valence-electron chi connectivity index (χ3n) is 3.42. The van der Waals surface area contributed by atoms with E-state index in [4.69, 9.17) is 0 Å². The third kappa shape index (κ3) is 4.36. The number of carbonyl (C=O) groups excluding carboxylic acids is 2. The zero-order valence-corrected chi connectivity index (χ0v) is 11.2. The largest absolute Gasteiger partial charge is 0.353 e. The third-order valence-corrected chi connectivity index (χ3v) is 3.42. The zero-order chi connectivity index (χ0) is 12.8. The monoisotopic (exact) mass is 240 g/mol. The number of piperidine rings is 1. The summed E-state index contributed by atoms with van der Waals surface area (Å²) in [6.07, 6.45) is 3.71. The van der Waals surface area contributed by atoms with E-state index >= 15 is 0 Å². The molecule has 98 valence electrons. The molecule has 1 heterocycles. The lowest BCUT2D eigenvalue weighted by atomic mass is 9.95. The molecule has 0 aromatic carbocycles. The second-order valence-corrected chi connectivity index (χ2v) is 4.98. The van der Waals surface area contributed by atoms with Crippen LogP contribution in [0.4, 0.5) is 0 Å². The van der Waals surface area contributed by atoms with Crippen LogP contribution in [0.15, 0.2) is 0 Å². The van der Waals surface area contributed by atoms with Gasteiger partial charge in [0.15, 0.2) is 0 Å². The van der Waals surface area contributed by atoms with E-state index < -0.39 is 0 Å². The summed E-state index contributed by atoms with van der Waals surface area (Å²) in [6.45, 7) is 7.19. The standard InChI is InChI=1S/C13H24N2O2/c1-4-5-10(2)14-13(17)12-6-8-15(9-7-12)11(3)16/h10,12H,4-9H2,1-3H3,(H,14,17)/t10-/m0/s1. The molecule has 0 unspecified atom stereocenters. The summed E-state index contributed by atoms with van der Waals surface area (Å²) in [5, 5.41) is 3.05. The van der Waals surface area contributed by atoms with E-state index in [-0.39, 0.29) is 23.8 Å². The Bertz CT molecular complexity index is 271. The van der Waals surface area contributed by atoms with Gasteiger partial charge in [-0.25, -0.2) is 0 Å². The second kappa shape index (κ2) is 6.62. The Hall–Kier alpha value is -1.06. The van der Waals surface area contributed by atoms with Crippen molar-refractivity contribution < 1.29 is 9.59 Å². The van der Waals surface area contributed by atoms with Crippen LogP contribution in [-0.2, 0) is 9.59 Å². The van der Waals surface area contributed by atoms with Crippen molar-refractivity contribution in [1.82, 2.24) is 10.2 Å².